The number of carbonyl (C=O) groups excluding carboxylic acids is 1. The molecular formula is C25H16FN3O3S. The van der Waals surface area contributed by atoms with Crippen LogP contribution in [0.4, 0.5) is 4.39 Å². The zero-order valence-electron chi connectivity index (χ0n) is 17.1. The third-order valence-electron chi connectivity index (χ3n) is 4.97. The lowest BCUT2D eigenvalue weighted by Crippen LogP contribution is -2.33. The minimum Gasteiger partial charge on any atom is -0.457 e. The van der Waals surface area contributed by atoms with Crippen molar-refractivity contribution in [1.29, 1.82) is 0 Å². The molecular weight excluding hydrogens is 441 g/mol. The lowest BCUT2D eigenvalue weighted by molar-refractivity contribution is 0.101. The molecule has 0 radical (unpaired) electrons. The van der Waals surface area contributed by atoms with Gasteiger partial charge in [0, 0.05) is 16.5 Å². The molecule has 33 heavy (non-hydrogen) atoms. The van der Waals surface area contributed by atoms with Gasteiger partial charge in [0.1, 0.15) is 28.5 Å². The first kappa shape index (κ1) is 20.6. The molecule has 3 aromatic carbocycles. The van der Waals surface area contributed by atoms with E-state index in [1.54, 1.807) is 24.3 Å². The van der Waals surface area contributed by atoms with E-state index in [1.165, 1.54) is 41.9 Å². The summed E-state index contributed by atoms with van der Waals surface area (Å²) in [4.78, 5) is 30.7. The van der Waals surface area contributed by atoms with Crippen molar-refractivity contribution in [3.8, 4) is 22.6 Å². The van der Waals surface area contributed by atoms with E-state index >= 15 is 0 Å². The maximum atomic E-state index is 13.1. The van der Waals surface area contributed by atoms with E-state index in [-0.39, 0.29) is 11.4 Å². The first-order valence-corrected chi connectivity index (χ1v) is 10.9. The number of nitrogens with zero attached hydrogens (tertiary/aromatic N) is 2. The number of nitrogens with one attached hydrogen (secondary N) is 1. The number of hydrogen-bond donors (Lipinski definition) is 1. The summed E-state index contributed by atoms with van der Waals surface area (Å²) in [6.07, 6.45) is 1.31. The summed E-state index contributed by atoms with van der Waals surface area (Å²) in [6.45, 7) is 0. The average Bonchev–Trinajstić information content (AvgIpc) is 3.28. The van der Waals surface area contributed by atoms with Crippen LogP contribution in [0.1, 0.15) is 10.4 Å². The maximum Gasteiger partial charge on any atom is 0.281 e. The van der Waals surface area contributed by atoms with E-state index in [1.807, 2.05) is 35.7 Å². The summed E-state index contributed by atoms with van der Waals surface area (Å²) in [5.41, 5.74) is 4.25. The van der Waals surface area contributed by atoms with E-state index in [0.29, 0.717) is 27.3 Å². The van der Waals surface area contributed by atoms with Crippen LogP contribution in [0, 0.1) is 5.82 Å². The highest BCUT2D eigenvalue weighted by Crippen LogP contribution is 2.30. The molecule has 5 rings (SSSR count). The smallest absolute Gasteiger partial charge is 0.281 e. The Morgan fingerprint density at radius 2 is 1.61 bits per heavy atom. The highest BCUT2D eigenvalue weighted by molar-refractivity contribution is 7.17. The van der Waals surface area contributed by atoms with Crippen molar-refractivity contribution in [1.82, 2.24) is 9.66 Å². The predicted octanol–water partition coefficient (Wildman–Crippen LogP) is 5.44. The van der Waals surface area contributed by atoms with E-state index < -0.39 is 5.91 Å². The summed E-state index contributed by atoms with van der Waals surface area (Å²) in [6, 6.07) is 21.6. The molecule has 0 spiro atoms. The molecule has 2 aromatic heterocycles. The monoisotopic (exact) mass is 457 g/mol. The van der Waals surface area contributed by atoms with E-state index in [4.69, 9.17) is 4.74 Å². The average molecular weight is 457 g/mol. The third kappa shape index (κ3) is 4.24. The fraction of sp³-hybridized carbons (Fsp3) is 0. The van der Waals surface area contributed by atoms with Crippen LogP contribution < -0.4 is 15.7 Å². The molecule has 0 aliphatic carbocycles. The van der Waals surface area contributed by atoms with Gasteiger partial charge in [0.2, 0.25) is 0 Å². The lowest BCUT2D eigenvalue weighted by Gasteiger charge is -2.09. The number of carbonyl (C=O) groups is 1. The summed E-state index contributed by atoms with van der Waals surface area (Å²) in [5, 5.41) is 2.34. The van der Waals surface area contributed by atoms with E-state index in [2.05, 4.69) is 10.4 Å². The summed E-state index contributed by atoms with van der Waals surface area (Å²) in [7, 11) is 0. The molecule has 1 N–H and O–H groups in total. The molecule has 0 bridgehead atoms. The van der Waals surface area contributed by atoms with Gasteiger partial charge in [0.25, 0.3) is 11.5 Å². The predicted molar refractivity (Wildman–Crippen MR) is 126 cm³/mol. The van der Waals surface area contributed by atoms with Crippen LogP contribution >= 0.6 is 11.3 Å². The quantitative estimate of drug-likeness (QED) is 0.381. The minimum absolute atomic E-state index is 0.335. The molecule has 2 heterocycles. The fourth-order valence-corrected chi connectivity index (χ4v) is 4.24. The number of rotatable bonds is 5. The van der Waals surface area contributed by atoms with Crippen LogP contribution in [0.5, 0.6) is 11.5 Å². The third-order valence-corrected chi connectivity index (χ3v) is 5.85. The lowest BCUT2D eigenvalue weighted by atomic mass is 10.1. The van der Waals surface area contributed by atoms with Crippen LogP contribution in [0.25, 0.3) is 21.3 Å². The second-order valence-corrected chi connectivity index (χ2v) is 7.99. The van der Waals surface area contributed by atoms with Crippen LogP contribution in [-0.2, 0) is 0 Å². The molecule has 0 aliphatic heterocycles. The van der Waals surface area contributed by atoms with Gasteiger partial charge < -0.3 is 4.74 Å². The number of fused-ring (bicyclic) bond motifs is 1. The Kier molecular flexibility index (Phi) is 5.42. The van der Waals surface area contributed by atoms with Gasteiger partial charge in [-0.05, 0) is 54.1 Å². The second kappa shape index (κ2) is 8.68. The highest BCUT2D eigenvalue weighted by Gasteiger charge is 2.15. The van der Waals surface area contributed by atoms with Gasteiger partial charge >= 0.3 is 0 Å². The van der Waals surface area contributed by atoms with Gasteiger partial charge in [-0.3, -0.25) is 15.0 Å². The second-order valence-electron chi connectivity index (χ2n) is 7.14. The Labute approximate surface area is 191 Å². The van der Waals surface area contributed by atoms with Gasteiger partial charge in [0.15, 0.2) is 0 Å². The number of amides is 1. The van der Waals surface area contributed by atoms with Gasteiger partial charge in [-0.15, -0.1) is 11.3 Å². The molecule has 5 aromatic rings. The van der Waals surface area contributed by atoms with Gasteiger partial charge in [0.05, 0.1) is 5.39 Å². The van der Waals surface area contributed by atoms with Crippen molar-refractivity contribution in [3.05, 3.63) is 112 Å². The van der Waals surface area contributed by atoms with Crippen LogP contribution in [0.3, 0.4) is 0 Å². The molecule has 0 atom stereocenters. The van der Waals surface area contributed by atoms with Crippen molar-refractivity contribution in [3.63, 3.8) is 0 Å². The zero-order valence-corrected chi connectivity index (χ0v) is 17.9. The van der Waals surface area contributed by atoms with E-state index in [0.717, 1.165) is 15.8 Å². The molecule has 0 saturated carbocycles. The first-order chi connectivity index (χ1) is 16.1. The van der Waals surface area contributed by atoms with Gasteiger partial charge in [-0.1, -0.05) is 30.3 Å². The van der Waals surface area contributed by atoms with E-state index in [9.17, 15) is 14.0 Å². The Morgan fingerprint density at radius 1 is 0.939 bits per heavy atom. The Bertz CT molecular complexity index is 1490. The molecule has 0 saturated heterocycles. The normalized spacial score (nSPS) is 10.8. The summed E-state index contributed by atoms with van der Waals surface area (Å²) >= 11 is 1.38. The summed E-state index contributed by atoms with van der Waals surface area (Å²) in [5.74, 6) is 0.146. The minimum atomic E-state index is -0.469. The zero-order chi connectivity index (χ0) is 22.8. The number of halogens is 1. The fourth-order valence-electron chi connectivity index (χ4n) is 3.33. The van der Waals surface area contributed by atoms with Crippen molar-refractivity contribution in [2.24, 2.45) is 0 Å². The number of benzene rings is 3. The van der Waals surface area contributed by atoms with Crippen molar-refractivity contribution in [2.75, 3.05) is 5.43 Å². The van der Waals surface area contributed by atoms with Crippen molar-refractivity contribution in [2.45, 2.75) is 0 Å². The Balaban J connectivity index is 1.37. The summed E-state index contributed by atoms with van der Waals surface area (Å²) < 4.78 is 19.8. The van der Waals surface area contributed by atoms with Crippen LogP contribution in [0.15, 0.2) is 95.4 Å². The Hall–Kier alpha value is -4.30. The molecule has 1 amide bonds. The number of ether oxygens (including phenoxy) is 1. The topological polar surface area (TPSA) is 73.2 Å². The standard InChI is InChI=1S/C25H16FN3O3S/c26-18-8-12-20(13-9-18)32-19-10-6-17(7-11-19)23(30)28-29-15-27-24-22(25(29)31)21(14-33-24)16-4-2-1-3-5-16/h1-15H,(H,28,30). The number of aromatic nitrogens is 2. The van der Waals surface area contributed by atoms with Crippen molar-refractivity contribution < 1.29 is 13.9 Å². The molecule has 6 nitrogen and oxygen atoms in total. The molecule has 0 aliphatic rings. The maximum absolute atomic E-state index is 13.1. The van der Waals surface area contributed by atoms with Gasteiger partial charge in [-0.2, -0.15) is 0 Å². The van der Waals surface area contributed by atoms with Crippen LogP contribution in [0.2, 0.25) is 0 Å². The number of thiophene rings is 1. The largest absolute Gasteiger partial charge is 0.457 e. The molecule has 0 unspecified atom stereocenters. The first-order valence-electron chi connectivity index (χ1n) is 9.97. The number of hydrogen-bond acceptors (Lipinski definition) is 5. The molecule has 162 valence electrons. The van der Waals surface area contributed by atoms with Gasteiger partial charge in [-0.25, -0.2) is 14.1 Å². The SMILES string of the molecule is O=C(Nn1cnc2scc(-c3ccccc3)c2c1=O)c1ccc(Oc2ccc(F)cc2)cc1. The molecule has 0 fully saturated rings. The molecule has 8 heteroatoms. The Morgan fingerprint density at radius 3 is 2.30 bits per heavy atom. The van der Waals surface area contributed by atoms with Crippen molar-refractivity contribution >= 4 is 27.5 Å². The van der Waals surface area contributed by atoms with Crippen LogP contribution in [-0.4, -0.2) is 15.6 Å². The highest BCUT2D eigenvalue weighted by atomic mass is 32.1.